The molecule has 1 heterocycles. The molecular weight excluding hydrogens is 326 g/mol. The van der Waals surface area contributed by atoms with E-state index in [9.17, 15) is 13.5 Å². The van der Waals surface area contributed by atoms with Crippen molar-refractivity contribution >= 4 is 43.0 Å². The van der Waals surface area contributed by atoms with Gasteiger partial charge in [-0.2, -0.15) is 0 Å². The molecule has 0 saturated carbocycles. The van der Waals surface area contributed by atoms with Crippen molar-refractivity contribution in [2.75, 3.05) is 4.72 Å². The predicted molar refractivity (Wildman–Crippen MR) is 70.9 cm³/mol. The number of thiophene rings is 1. The topological polar surface area (TPSA) is 66.4 Å². The van der Waals surface area contributed by atoms with E-state index in [0.29, 0.717) is 4.47 Å². The summed E-state index contributed by atoms with van der Waals surface area (Å²) in [7, 11) is -3.62. The number of nitrogens with one attached hydrogen (secondary N) is 1. The highest BCUT2D eigenvalue weighted by atomic mass is 79.9. The lowest BCUT2D eigenvalue weighted by atomic mass is 10.3. The molecule has 17 heavy (non-hydrogen) atoms. The van der Waals surface area contributed by atoms with Crippen molar-refractivity contribution in [2.45, 2.75) is 4.21 Å². The molecule has 1 aromatic heterocycles. The van der Waals surface area contributed by atoms with Gasteiger partial charge in [-0.25, -0.2) is 8.42 Å². The normalized spacial score (nSPS) is 11.4. The lowest BCUT2D eigenvalue weighted by molar-refractivity contribution is 0.477. The molecule has 0 radical (unpaired) electrons. The largest absolute Gasteiger partial charge is 0.506 e. The standard InChI is InChI=1S/C10H8BrNO3S2/c11-7-3-4-9(13)8(6-7)12-17(14,15)10-2-1-5-16-10/h1-6,12-13H. The third kappa shape index (κ3) is 2.80. The molecule has 0 aliphatic rings. The average Bonchev–Trinajstić information content (AvgIpc) is 2.77. The van der Waals surface area contributed by atoms with Gasteiger partial charge in [-0.15, -0.1) is 11.3 Å². The molecule has 2 N–H and O–H groups in total. The number of sulfonamides is 1. The molecule has 90 valence electrons. The molecule has 4 nitrogen and oxygen atoms in total. The number of hydrogen-bond acceptors (Lipinski definition) is 4. The van der Waals surface area contributed by atoms with Crippen LogP contribution in [0.5, 0.6) is 5.75 Å². The second kappa shape index (κ2) is 4.67. The number of rotatable bonds is 3. The maximum absolute atomic E-state index is 11.9. The second-order valence-electron chi connectivity index (χ2n) is 3.20. The van der Waals surface area contributed by atoms with Crippen molar-refractivity contribution < 1.29 is 13.5 Å². The molecule has 0 bridgehead atoms. The average molecular weight is 334 g/mol. The van der Waals surface area contributed by atoms with Crippen molar-refractivity contribution in [2.24, 2.45) is 0 Å². The van der Waals surface area contributed by atoms with Crippen LogP contribution >= 0.6 is 27.3 Å². The van der Waals surface area contributed by atoms with E-state index in [4.69, 9.17) is 0 Å². The number of hydrogen-bond donors (Lipinski definition) is 2. The summed E-state index contributed by atoms with van der Waals surface area (Å²) in [5.74, 6) is -0.117. The van der Waals surface area contributed by atoms with Crippen LogP contribution in [-0.2, 0) is 10.0 Å². The van der Waals surface area contributed by atoms with E-state index in [-0.39, 0.29) is 15.6 Å². The van der Waals surface area contributed by atoms with E-state index in [1.807, 2.05) is 0 Å². The summed E-state index contributed by atoms with van der Waals surface area (Å²) in [6.07, 6.45) is 0. The smallest absolute Gasteiger partial charge is 0.271 e. The van der Waals surface area contributed by atoms with Crippen molar-refractivity contribution in [1.82, 2.24) is 0 Å². The molecule has 0 aliphatic carbocycles. The van der Waals surface area contributed by atoms with Gasteiger partial charge in [0.25, 0.3) is 10.0 Å². The highest BCUT2D eigenvalue weighted by Crippen LogP contribution is 2.29. The summed E-state index contributed by atoms with van der Waals surface area (Å²) in [6.45, 7) is 0. The number of phenolic OH excluding ortho intramolecular Hbond substituents is 1. The molecule has 7 heteroatoms. The van der Waals surface area contributed by atoms with Crippen LogP contribution in [0.4, 0.5) is 5.69 Å². The molecule has 2 aromatic rings. The first kappa shape index (κ1) is 12.4. The zero-order chi connectivity index (χ0) is 12.5. The van der Waals surface area contributed by atoms with Gasteiger partial charge in [-0.05, 0) is 29.6 Å². The number of anilines is 1. The van der Waals surface area contributed by atoms with Gasteiger partial charge in [-0.1, -0.05) is 22.0 Å². The Balaban J connectivity index is 2.36. The zero-order valence-electron chi connectivity index (χ0n) is 8.42. The quantitative estimate of drug-likeness (QED) is 0.848. The Morgan fingerprint density at radius 3 is 2.71 bits per heavy atom. The zero-order valence-corrected chi connectivity index (χ0v) is 11.6. The number of aromatic hydroxyl groups is 1. The van der Waals surface area contributed by atoms with E-state index in [1.54, 1.807) is 17.5 Å². The van der Waals surface area contributed by atoms with Gasteiger partial charge in [0.05, 0.1) is 5.69 Å². The van der Waals surface area contributed by atoms with E-state index < -0.39 is 10.0 Å². The van der Waals surface area contributed by atoms with Crippen LogP contribution in [0.2, 0.25) is 0 Å². The third-order valence-corrected chi connectivity index (χ3v) is 5.22. The second-order valence-corrected chi connectivity index (χ2v) is 6.97. The highest BCUT2D eigenvalue weighted by Gasteiger charge is 2.16. The summed E-state index contributed by atoms with van der Waals surface area (Å²) in [4.78, 5) is 0. The number of benzene rings is 1. The summed E-state index contributed by atoms with van der Waals surface area (Å²) in [5.41, 5.74) is 0.146. The van der Waals surface area contributed by atoms with E-state index in [0.717, 1.165) is 11.3 Å². The first-order chi connectivity index (χ1) is 7.99. The van der Waals surface area contributed by atoms with Gasteiger partial charge in [0, 0.05) is 4.47 Å². The molecular formula is C10H8BrNO3S2. The first-order valence-electron chi connectivity index (χ1n) is 4.54. The Hall–Kier alpha value is -1.05. The minimum absolute atomic E-state index is 0.117. The maximum atomic E-state index is 11.9. The summed E-state index contributed by atoms with van der Waals surface area (Å²) in [6, 6.07) is 7.69. The lowest BCUT2D eigenvalue weighted by Crippen LogP contribution is -2.11. The summed E-state index contributed by atoms with van der Waals surface area (Å²) in [5, 5.41) is 11.2. The first-order valence-corrected chi connectivity index (χ1v) is 7.69. The van der Waals surface area contributed by atoms with Crippen molar-refractivity contribution in [3.05, 3.63) is 40.2 Å². The van der Waals surface area contributed by atoms with Gasteiger partial charge >= 0.3 is 0 Å². The van der Waals surface area contributed by atoms with Crippen molar-refractivity contribution in [1.29, 1.82) is 0 Å². The minimum atomic E-state index is -3.62. The summed E-state index contributed by atoms with van der Waals surface area (Å²) >= 11 is 4.32. The SMILES string of the molecule is O=S(=O)(Nc1cc(Br)ccc1O)c1cccs1. The number of halogens is 1. The fourth-order valence-corrected chi connectivity index (χ4v) is 3.62. The monoisotopic (exact) mass is 333 g/mol. The molecule has 0 spiro atoms. The van der Waals surface area contributed by atoms with Gasteiger partial charge in [0.15, 0.2) is 0 Å². The van der Waals surface area contributed by atoms with Gasteiger partial charge in [0.2, 0.25) is 0 Å². The Morgan fingerprint density at radius 2 is 2.06 bits per heavy atom. The van der Waals surface area contributed by atoms with Gasteiger partial charge in [0.1, 0.15) is 9.96 Å². The van der Waals surface area contributed by atoms with Crippen LogP contribution in [0, 0.1) is 0 Å². The van der Waals surface area contributed by atoms with E-state index in [1.165, 1.54) is 18.2 Å². The van der Waals surface area contributed by atoms with Crippen LogP contribution < -0.4 is 4.72 Å². The van der Waals surface area contributed by atoms with Crippen LogP contribution in [0.3, 0.4) is 0 Å². The molecule has 1 aromatic carbocycles. The Morgan fingerprint density at radius 1 is 1.29 bits per heavy atom. The fraction of sp³-hybridized carbons (Fsp3) is 0. The third-order valence-electron chi connectivity index (χ3n) is 1.96. The predicted octanol–water partition coefficient (Wildman–Crippen LogP) is 3.02. The van der Waals surface area contributed by atoms with E-state index >= 15 is 0 Å². The lowest BCUT2D eigenvalue weighted by Gasteiger charge is -2.08. The van der Waals surface area contributed by atoms with Crippen molar-refractivity contribution in [3.8, 4) is 5.75 Å². The fourth-order valence-electron chi connectivity index (χ4n) is 1.20. The summed E-state index contributed by atoms with van der Waals surface area (Å²) < 4.78 is 27.0. The minimum Gasteiger partial charge on any atom is -0.506 e. The van der Waals surface area contributed by atoms with Crippen molar-refractivity contribution in [3.63, 3.8) is 0 Å². The molecule has 0 unspecified atom stereocenters. The van der Waals surface area contributed by atoms with Gasteiger partial charge < -0.3 is 5.11 Å². The molecule has 0 fully saturated rings. The molecule has 0 saturated heterocycles. The Bertz CT molecular complexity index is 623. The van der Waals surface area contributed by atoms with E-state index in [2.05, 4.69) is 20.7 Å². The Labute approximate surface area is 111 Å². The molecule has 0 amide bonds. The maximum Gasteiger partial charge on any atom is 0.271 e. The molecule has 0 aliphatic heterocycles. The van der Waals surface area contributed by atoms with Crippen LogP contribution in [-0.4, -0.2) is 13.5 Å². The van der Waals surface area contributed by atoms with Gasteiger partial charge in [-0.3, -0.25) is 4.72 Å². The molecule has 2 rings (SSSR count). The van der Waals surface area contributed by atoms with Crippen LogP contribution in [0.25, 0.3) is 0 Å². The number of phenols is 1. The van der Waals surface area contributed by atoms with Crippen LogP contribution in [0.1, 0.15) is 0 Å². The Kier molecular flexibility index (Phi) is 3.41. The molecule has 0 atom stereocenters. The van der Waals surface area contributed by atoms with Crippen LogP contribution in [0.15, 0.2) is 44.4 Å². The highest BCUT2D eigenvalue weighted by molar-refractivity contribution is 9.10.